The van der Waals surface area contributed by atoms with Crippen molar-refractivity contribution in [3.8, 4) is 0 Å². The minimum Gasteiger partial charge on any atom is -0.480 e. The van der Waals surface area contributed by atoms with Crippen molar-refractivity contribution in [1.82, 2.24) is 5.32 Å². The number of carboxylic acid groups (broad SMARTS) is 1. The second-order valence-electron chi connectivity index (χ2n) is 3.94. The van der Waals surface area contributed by atoms with Gasteiger partial charge in [0.25, 0.3) is 5.91 Å². The Morgan fingerprint density at radius 2 is 1.80 bits per heavy atom. The topological polar surface area (TPSA) is 105 Å². The molecule has 1 aromatic carbocycles. The van der Waals surface area contributed by atoms with E-state index >= 15 is 0 Å². The molecule has 0 saturated carbocycles. The second kappa shape index (κ2) is 7.90. The molecular formula is C13H16N2O5. The number of urea groups is 1. The van der Waals surface area contributed by atoms with Crippen LogP contribution in [-0.4, -0.2) is 36.2 Å². The summed E-state index contributed by atoms with van der Waals surface area (Å²) >= 11 is 0. The average Bonchev–Trinajstić information content (AvgIpc) is 2.38. The van der Waals surface area contributed by atoms with Crippen LogP contribution in [0, 0.1) is 0 Å². The lowest BCUT2D eigenvalue weighted by Gasteiger charge is -2.07. The maximum absolute atomic E-state index is 11.5. The van der Waals surface area contributed by atoms with Crippen LogP contribution in [0.4, 0.5) is 10.5 Å². The van der Waals surface area contributed by atoms with Crippen LogP contribution in [0.3, 0.4) is 0 Å². The van der Waals surface area contributed by atoms with E-state index in [4.69, 9.17) is 5.11 Å². The highest BCUT2D eigenvalue weighted by atomic mass is 16.5. The third-order valence-corrected chi connectivity index (χ3v) is 2.33. The first-order valence-corrected chi connectivity index (χ1v) is 6.00. The molecule has 0 saturated heterocycles. The van der Waals surface area contributed by atoms with Crippen LogP contribution in [-0.2, 0) is 20.7 Å². The zero-order valence-corrected chi connectivity index (χ0v) is 11.0. The largest absolute Gasteiger partial charge is 0.480 e. The lowest BCUT2D eigenvalue weighted by atomic mass is 10.1. The molecule has 0 fully saturated rings. The molecule has 1 rings (SSSR count). The van der Waals surface area contributed by atoms with E-state index in [9.17, 15) is 14.4 Å². The number of carboxylic acids is 1. The Morgan fingerprint density at radius 1 is 1.15 bits per heavy atom. The minimum atomic E-state index is -1.18. The highest BCUT2D eigenvalue weighted by Gasteiger charge is 2.08. The van der Waals surface area contributed by atoms with Gasteiger partial charge in [0.05, 0.1) is 0 Å². The van der Waals surface area contributed by atoms with Gasteiger partial charge in [-0.2, -0.15) is 0 Å². The van der Waals surface area contributed by atoms with Gasteiger partial charge >= 0.3 is 12.0 Å². The normalized spacial score (nSPS) is 9.85. The maximum atomic E-state index is 11.5. The van der Waals surface area contributed by atoms with Crippen LogP contribution < -0.4 is 10.6 Å². The molecule has 3 N–H and O–H groups in total. The van der Waals surface area contributed by atoms with E-state index < -0.39 is 31.1 Å². The number of aryl methyl sites for hydroxylation is 1. The first-order valence-electron chi connectivity index (χ1n) is 6.00. The monoisotopic (exact) mass is 280 g/mol. The Morgan fingerprint density at radius 3 is 2.35 bits per heavy atom. The molecule has 7 heteroatoms. The van der Waals surface area contributed by atoms with Crippen LogP contribution >= 0.6 is 0 Å². The van der Waals surface area contributed by atoms with Crippen molar-refractivity contribution in [3.05, 3.63) is 29.8 Å². The van der Waals surface area contributed by atoms with Crippen molar-refractivity contribution < 1.29 is 24.2 Å². The number of rotatable bonds is 6. The molecule has 3 amide bonds. The molecule has 0 atom stereocenters. The molecule has 0 aliphatic heterocycles. The zero-order chi connectivity index (χ0) is 15.0. The van der Waals surface area contributed by atoms with Crippen LogP contribution in [0.1, 0.15) is 12.5 Å². The zero-order valence-electron chi connectivity index (χ0n) is 11.0. The lowest BCUT2D eigenvalue weighted by molar-refractivity contribution is -0.143. The molecule has 0 aliphatic carbocycles. The van der Waals surface area contributed by atoms with E-state index in [1.165, 1.54) is 0 Å². The average molecular weight is 280 g/mol. The number of aliphatic carboxylic acids is 1. The van der Waals surface area contributed by atoms with Gasteiger partial charge in [0, 0.05) is 5.69 Å². The van der Waals surface area contributed by atoms with Crippen molar-refractivity contribution >= 4 is 23.6 Å². The standard InChI is InChI=1S/C13H16N2O5/c1-2-9-3-5-10(6-4-9)14-13(19)15-11(16)7-20-8-12(17)18/h3-6H,2,7-8H2,1H3,(H,17,18)(H2,14,15,16,19). The molecule has 0 bridgehead atoms. The van der Waals surface area contributed by atoms with Crippen molar-refractivity contribution in [2.24, 2.45) is 0 Å². The molecule has 7 nitrogen and oxygen atoms in total. The van der Waals surface area contributed by atoms with Crippen molar-refractivity contribution in [2.45, 2.75) is 13.3 Å². The first kappa shape index (κ1) is 15.6. The highest BCUT2D eigenvalue weighted by Crippen LogP contribution is 2.09. The fraction of sp³-hybridized carbons (Fsp3) is 0.308. The molecule has 0 radical (unpaired) electrons. The number of nitrogens with one attached hydrogen (secondary N) is 2. The molecule has 20 heavy (non-hydrogen) atoms. The summed E-state index contributed by atoms with van der Waals surface area (Å²) in [5.74, 6) is -1.90. The van der Waals surface area contributed by atoms with E-state index in [1.54, 1.807) is 12.1 Å². The van der Waals surface area contributed by atoms with Gasteiger partial charge in [-0.1, -0.05) is 19.1 Å². The molecule has 0 unspecified atom stereocenters. The third-order valence-electron chi connectivity index (χ3n) is 2.33. The van der Waals surface area contributed by atoms with E-state index in [0.717, 1.165) is 12.0 Å². The summed E-state index contributed by atoms with van der Waals surface area (Å²) in [5.41, 5.74) is 1.69. The number of benzene rings is 1. The summed E-state index contributed by atoms with van der Waals surface area (Å²) in [6.07, 6.45) is 0.895. The molecule has 0 aliphatic rings. The number of carbonyl (C=O) groups excluding carboxylic acids is 2. The summed E-state index contributed by atoms with van der Waals surface area (Å²) in [6.45, 7) is 0.937. The van der Waals surface area contributed by atoms with Gasteiger partial charge in [0.1, 0.15) is 13.2 Å². The summed E-state index contributed by atoms with van der Waals surface area (Å²) < 4.78 is 4.55. The van der Waals surface area contributed by atoms with Gasteiger partial charge in [-0.15, -0.1) is 0 Å². The Balaban J connectivity index is 2.34. The van der Waals surface area contributed by atoms with E-state index in [0.29, 0.717) is 5.69 Å². The molecule has 0 heterocycles. The van der Waals surface area contributed by atoms with Gasteiger partial charge in [-0.3, -0.25) is 10.1 Å². The quantitative estimate of drug-likeness (QED) is 0.721. The maximum Gasteiger partial charge on any atom is 0.329 e. The van der Waals surface area contributed by atoms with Gasteiger partial charge in [-0.25, -0.2) is 9.59 Å². The van der Waals surface area contributed by atoms with Crippen molar-refractivity contribution in [2.75, 3.05) is 18.5 Å². The SMILES string of the molecule is CCc1ccc(NC(=O)NC(=O)COCC(=O)O)cc1. The molecular weight excluding hydrogens is 264 g/mol. The van der Waals surface area contributed by atoms with Crippen LogP contribution in [0.25, 0.3) is 0 Å². The number of anilines is 1. The smallest absolute Gasteiger partial charge is 0.329 e. The van der Waals surface area contributed by atoms with Gasteiger partial charge in [0.2, 0.25) is 0 Å². The Bertz CT molecular complexity index is 484. The van der Waals surface area contributed by atoms with E-state index in [-0.39, 0.29) is 0 Å². The molecule has 108 valence electrons. The summed E-state index contributed by atoms with van der Waals surface area (Å²) in [4.78, 5) is 32.9. The Hall–Kier alpha value is -2.41. The number of imide groups is 1. The number of amides is 3. The van der Waals surface area contributed by atoms with Gasteiger partial charge in [-0.05, 0) is 24.1 Å². The predicted octanol–water partition coefficient (Wildman–Crippen LogP) is 0.998. The first-order chi connectivity index (χ1) is 9.51. The summed E-state index contributed by atoms with van der Waals surface area (Å²) in [5, 5.41) is 12.8. The van der Waals surface area contributed by atoms with Crippen LogP contribution in [0.5, 0.6) is 0 Å². The number of carbonyl (C=O) groups is 3. The highest BCUT2D eigenvalue weighted by molar-refractivity contribution is 6.01. The lowest BCUT2D eigenvalue weighted by Crippen LogP contribution is -2.37. The molecule has 0 spiro atoms. The Labute approximate surface area is 115 Å². The van der Waals surface area contributed by atoms with E-state index in [1.807, 2.05) is 24.4 Å². The van der Waals surface area contributed by atoms with Crippen LogP contribution in [0.2, 0.25) is 0 Å². The molecule has 0 aromatic heterocycles. The van der Waals surface area contributed by atoms with E-state index in [2.05, 4.69) is 10.1 Å². The summed E-state index contributed by atoms with van der Waals surface area (Å²) in [7, 11) is 0. The predicted molar refractivity (Wildman–Crippen MR) is 71.4 cm³/mol. The Kier molecular flexibility index (Phi) is 6.18. The molecule has 1 aromatic rings. The van der Waals surface area contributed by atoms with Crippen LogP contribution in [0.15, 0.2) is 24.3 Å². The van der Waals surface area contributed by atoms with Gasteiger partial charge < -0.3 is 15.2 Å². The number of ether oxygens (including phenoxy) is 1. The number of hydrogen-bond acceptors (Lipinski definition) is 4. The number of hydrogen-bond donors (Lipinski definition) is 3. The fourth-order valence-electron chi connectivity index (χ4n) is 1.38. The summed E-state index contributed by atoms with van der Waals surface area (Å²) in [6, 6.07) is 6.49. The fourth-order valence-corrected chi connectivity index (χ4v) is 1.38. The van der Waals surface area contributed by atoms with Gasteiger partial charge in [0.15, 0.2) is 0 Å². The van der Waals surface area contributed by atoms with Crippen molar-refractivity contribution in [1.29, 1.82) is 0 Å². The second-order valence-corrected chi connectivity index (χ2v) is 3.94. The third kappa shape index (κ3) is 5.96. The van der Waals surface area contributed by atoms with Crippen molar-refractivity contribution in [3.63, 3.8) is 0 Å². The minimum absolute atomic E-state index is 0.492.